The molecule has 156 valence electrons. The van der Waals surface area contributed by atoms with Crippen LogP contribution in [0.3, 0.4) is 0 Å². The van der Waals surface area contributed by atoms with Crippen molar-refractivity contribution < 1.29 is 19.1 Å². The number of esters is 2. The van der Waals surface area contributed by atoms with E-state index in [9.17, 15) is 14.4 Å². The minimum atomic E-state index is -0.491. The molecule has 0 spiro atoms. The van der Waals surface area contributed by atoms with Crippen LogP contribution in [0.4, 0.5) is 0 Å². The van der Waals surface area contributed by atoms with Gasteiger partial charge in [0.05, 0.1) is 25.6 Å². The number of fused-ring (bicyclic) bond motifs is 2. The molecule has 0 atom stereocenters. The SMILES string of the molecule is CCOC(=O)c1cnn2ccc(=O)[nH]c12.CCOC(=O)c1cnn2ccc(Cl)nc12. The molecule has 0 amide bonds. The number of nitrogens with one attached hydrogen (secondary N) is 1. The van der Waals surface area contributed by atoms with Crippen LogP contribution in [-0.2, 0) is 9.47 Å². The summed E-state index contributed by atoms with van der Waals surface area (Å²) >= 11 is 5.72. The first-order chi connectivity index (χ1) is 14.4. The number of aromatic nitrogens is 6. The molecule has 11 nitrogen and oxygen atoms in total. The zero-order valence-corrected chi connectivity index (χ0v) is 16.8. The maximum atomic E-state index is 11.5. The van der Waals surface area contributed by atoms with Gasteiger partial charge in [-0.2, -0.15) is 10.2 Å². The van der Waals surface area contributed by atoms with Gasteiger partial charge in [-0.15, -0.1) is 0 Å². The van der Waals surface area contributed by atoms with E-state index in [1.54, 1.807) is 26.1 Å². The van der Waals surface area contributed by atoms with E-state index >= 15 is 0 Å². The van der Waals surface area contributed by atoms with Crippen LogP contribution in [-0.4, -0.2) is 54.3 Å². The topological polar surface area (TPSA) is 133 Å². The summed E-state index contributed by atoms with van der Waals surface area (Å²) < 4.78 is 12.6. The molecule has 30 heavy (non-hydrogen) atoms. The normalized spacial score (nSPS) is 10.5. The van der Waals surface area contributed by atoms with Crippen molar-refractivity contribution in [2.45, 2.75) is 13.8 Å². The Morgan fingerprint density at radius 2 is 1.60 bits per heavy atom. The van der Waals surface area contributed by atoms with Crippen molar-refractivity contribution in [3.8, 4) is 0 Å². The number of H-pyrrole nitrogens is 1. The van der Waals surface area contributed by atoms with E-state index in [1.807, 2.05) is 0 Å². The summed E-state index contributed by atoms with van der Waals surface area (Å²) in [6.45, 7) is 4.06. The second kappa shape index (κ2) is 9.18. The number of carbonyl (C=O) groups excluding carboxylic acids is 2. The largest absolute Gasteiger partial charge is 0.462 e. The summed E-state index contributed by atoms with van der Waals surface area (Å²) in [6.07, 6.45) is 5.89. The molecule has 0 fully saturated rings. The molecule has 12 heteroatoms. The van der Waals surface area contributed by atoms with Crippen molar-refractivity contribution >= 4 is 34.8 Å². The zero-order chi connectivity index (χ0) is 21.7. The van der Waals surface area contributed by atoms with Gasteiger partial charge < -0.3 is 14.5 Å². The van der Waals surface area contributed by atoms with Gasteiger partial charge in [0.1, 0.15) is 16.3 Å². The maximum Gasteiger partial charge on any atom is 0.343 e. The highest BCUT2D eigenvalue weighted by Crippen LogP contribution is 2.12. The Hall–Kier alpha value is -3.73. The minimum absolute atomic E-state index is 0.259. The van der Waals surface area contributed by atoms with Crippen LogP contribution >= 0.6 is 11.6 Å². The smallest absolute Gasteiger partial charge is 0.343 e. The van der Waals surface area contributed by atoms with Crippen molar-refractivity contribution in [3.05, 3.63) is 63.6 Å². The molecule has 4 aromatic rings. The molecule has 0 unspecified atom stereocenters. The molecular formula is C18H17ClN6O5. The summed E-state index contributed by atoms with van der Waals surface area (Å²) in [6, 6.07) is 2.92. The lowest BCUT2D eigenvalue weighted by atomic mass is 10.3. The van der Waals surface area contributed by atoms with Gasteiger partial charge in [0.15, 0.2) is 11.3 Å². The number of hydrogen-bond donors (Lipinski definition) is 1. The highest BCUT2D eigenvalue weighted by Gasteiger charge is 2.15. The Morgan fingerprint density at radius 3 is 2.30 bits per heavy atom. The van der Waals surface area contributed by atoms with Crippen molar-refractivity contribution in [1.29, 1.82) is 0 Å². The second-order valence-corrected chi connectivity index (χ2v) is 6.06. The Bertz CT molecular complexity index is 1260. The van der Waals surface area contributed by atoms with Crippen LogP contribution in [0.5, 0.6) is 0 Å². The summed E-state index contributed by atoms with van der Waals surface area (Å²) in [5, 5.41) is 8.18. The molecule has 0 bridgehead atoms. The quantitative estimate of drug-likeness (QED) is 0.381. The Morgan fingerprint density at radius 1 is 1.00 bits per heavy atom. The second-order valence-electron chi connectivity index (χ2n) is 5.67. The number of hydrogen-bond acceptors (Lipinski definition) is 8. The van der Waals surface area contributed by atoms with Gasteiger partial charge in [0, 0.05) is 18.5 Å². The molecule has 0 aliphatic heterocycles. The lowest BCUT2D eigenvalue weighted by Crippen LogP contribution is -2.10. The third-order valence-corrected chi connectivity index (χ3v) is 3.94. The van der Waals surface area contributed by atoms with Crippen molar-refractivity contribution in [2.75, 3.05) is 13.2 Å². The first kappa shape index (κ1) is 21.0. The first-order valence-electron chi connectivity index (χ1n) is 8.85. The van der Waals surface area contributed by atoms with E-state index in [2.05, 4.69) is 20.2 Å². The van der Waals surface area contributed by atoms with Crippen molar-refractivity contribution in [2.24, 2.45) is 0 Å². The number of nitrogens with zero attached hydrogens (tertiary/aromatic N) is 5. The number of rotatable bonds is 4. The summed E-state index contributed by atoms with van der Waals surface area (Å²) in [7, 11) is 0. The van der Waals surface area contributed by atoms with Gasteiger partial charge in [0.2, 0.25) is 0 Å². The van der Waals surface area contributed by atoms with E-state index < -0.39 is 11.9 Å². The van der Waals surface area contributed by atoms with E-state index in [4.69, 9.17) is 21.1 Å². The molecule has 0 radical (unpaired) electrons. The van der Waals surface area contributed by atoms with Gasteiger partial charge in [-0.05, 0) is 19.9 Å². The van der Waals surface area contributed by atoms with Crippen LogP contribution in [0.15, 0.2) is 41.7 Å². The fourth-order valence-corrected chi connectivity index (χ4v) is 2.59. The monoisotopic (exact) mass is 432 g/mol. The Kier molecular flexibility index (Phi) is 6.42. The predicted molar refractivity (Wildman–Crippen MR) is 106 cm³/mol. The van der Waals surface area contributed by atoms with E-state index in [1.165, 1.54) is 33.7 Å². The predicted octanol–water partition coefficient (Wildman–Crippen LogP) is 1.76. The number of ether oxygens (including phenoxy) is 2. The van der Waals surface area contributed by atoms with Crippen LogP contribution in [0.25, 0.3) is 11.3 Å². The van der Waals surface area contributed by atoms with Crippen molar-refractivity contribution in [1.82, 2.24) is 29.2 Å². The van der Waals surface area contributed by atoms with Gasteiger partial charge in [-0.3, -0.25) is 4.79 Å². The third-order valence-electron chi connectivity index (χ3n) is 3.73. The highest BCUT2D eigenvalue weighted by molar-refractivity contribution is 6.29. The molecule has 4 aromatic heterocycles. The summed E-state index contributed by atoms with van der Waals surface area (Å²) in [4.78, 5) is 40.5. The standard InChI is InChI=1S/C9H8ClN3O2.C9H9N3O3/c1-2-15-9(14)6-5-11-13-4-3-7(10)12-8(6)13;1-2-15-9(14)6-5-10-12-4-3-7(13)11-8(6)12/h3-5H,2H2,1H3;3-5H,2H2,1H3,(H,11,13). The maximum absolute atomic E-state index is 11.5. The van der Waals surface area contributed by atoms with E-state index in [0.29, 0.717) is 28.6 Å². The van der Waals surface area contributed by atoms with Gasteiger partial charge in [-0.1, -0.05) is 11.6 Å². The molecule has 0 aliphatic carbocycles. The molecule has 0 aliphatic rings. The minimum Gasteiger partial charge on any atom is -0.462 e. The lowest BCUT2D eigenvalue weighted by Gasteiger charge is -1.98. The highest BCUT2D eigenvalue weighted by atomic mass is 35.5. The molecule has 1 N–H and O–H groups in total. The van der Waals surface area contributed by atoms with Crippen LogP contribution in [0, 0.1) is 0 Å². The van der Waals surface area contributed by atoms with E-state index in [-0.39, 0.29) is 17.7 Å². The summed E-state index contributed by atoms with van der Waals surface area (Å²) in [5.74, 6) is -0.934. The Labute approximate surface area is 174 Å². The van der Waals surface area contributed by atoms with Crippen LogP contribution in [0.2, 0.25) is 5.15 Å². The van der Waals surface area contributed by atoms with Gasteiger partial charge >= 0.3 is 11.9 Å². The zero-order valence-electron chi connectivity index (χ0n) is 16.0. The number of carbonyl (C=O) groups is 2. The average Bonchev–Trinajstić information content (AvgIpc) is 3.32. The first-order valence-corrected chi connectivity index (χ1v) is 9.23. The Balaban J connectivity index is 0.000000171. The van der Waals surface area contributed by atoms with Crippen molar-refractivity contribution in [3.63, 3.8) is 0 Å². The summed E-state index contributed by atoms with van der Waals surface area (Å²) in [5.41, 5.74) is 1.05. The van der Waals surface area contributed by atoms with E-state index in [0.717, 1.165) is 0 Å². The molecule has 4 rings (SSSR count). The molecule has 4 heterocycles. The molecule has 0 saturated heterocycles. The van der Waals surface area contributed by atoms with Crippen LogP contribution < -0.4 is 5.56 Å². The third kappa shape index (κ3) is 4.46. The molecule has 0 saturated carbocycles. The number of halogens is 1. The van der Waals surface area contributed by atoms with Gasteiger partial charge in [-0.25, -0.2) is 23.6 Å². The number of aromatic amines is 1. The van der Waals surface area contributed by atoms with Crippen LogP contribution in [0.1, 0.15) is 34.6 Å². The average molecular weight is 433 g/mol. The van der Waals surface area contributed by atoms with Gasteiger partial charge in [0.25, 0.3) is 5.56 Å². The lowest BCUT2D eigenvalue weighted by molar-refractivity contribution is 0.0518. The fraction of sp³-hybridized carbons (Fsp3) is 0.222. The fourth-order valence-electron chi connectivity index (χ4n) is 2.45. The molecular weight excluding hydrogens is 416 g/mol. The molecule has 0 aromatic carbocycles.